The molecule has 0 saturated carbocycles. The monoisotopic (exact) mass is 345 g/mol. The topological polar surface area (TPSA) is 58.0 Å². The van der Waals surface area contributed by atoms with Crippen LogP contribution in [0.1, 0.15) is 12.5 Å². The van der Waals surface area contributed by atoms with Crippen LogP contribution in [0.2, 0.25) is 5.02 Å². The zero-order chi connectivity index (χ0) is 16.3. The number of aromatic nitrogens is 2. The van der Waals surface area contributed by atoms with Crippen LogP contribution in [0.25, 0.3) is 11.4 Å². The van der Waals surface area contributed by atoms with Crippen LogP contribution in [-0.4, -0.2) is 21.0 Å². The molecule has 1 atom stereocenters. The van der Waals surface area contributed by atoms with Gasteiger partial charge in [-0.05, 0) is 24.6 Å². The van der Waals surface area contributed by atoms with Crippen LogP contribution in [0, 0.1) is 0 Å². The molecule has 4 nitrogen and oxygen atoms in total. The van der Waals surface area contributed by atoms with Gasteiger partial charge in [0.2, 0.25) is 5.13 Å². The van der Waals surface area contributed by atoms with Crippen LogP contribution in [-0.2, 0) is 5.60 Å². The summed E-state index contributed by atoms with van der Waals surface area (Å²) >= 11 is 7.26. The van der Waals surface area contributed by atoms with Crippen LogP contribution in [0.5, 0.6) is 0 Å². The van der Waals surface area contributed by atoms with E-state index < -0.39 is 5.60 Å². The lowest BCUT2D eigenvalue weighted by Crippen LogP contribution is -2.30. The first-order valence-electron chi connectivity index (χ1n) is 7.16. The zero-order valence-electron chi connectivity index (χ0n) is 12.5. The standard InChI is InChI=1S/C17H16ClN3OS/c1-17(22,13-8-5-9-14(18)10-13)11-19-16-20-15(21-23-16)12-6-3-2-4-7-12/h2-10,22H,11H2,1H3,(H,19,20,21). The Hall–Kier alpha value is -1.95. The first-order valence-corrected chi connectivity index (χ1v) is 8.31. The third kappa shape index (κ3) is 3.88. The molecule has 1 aromatic heterocycles. The molecule has 23 heavy (non-hydrogen) atoms. The first kappa shape index (κ1) is 15.9. The molecule has 6 heteroatoms. The van der Waals surface area contributed by atoms with Gasteiger partial charge in [0.05, 0.1) is 0 Å². The Morgan fingerprint density at radius 2 is 1.96 bits per heavy atom. The highest BCUT2D eigenvalue weighted by molar-refractivity contribution is 7.09. The Morgan fingerprint density at radius 3 is 2.70 bits per heavy atom. The van der Waals surface area contributed by atoms with Gasteiger partial charge in [0.25, 0.3) is 0 Å². The van der Waals surface area contributed by atoms with Crippen molar-refractivity contribution in [2.75, 3.05) is 11.9 Å². The number of hydrogen-bond donors (Lipinski definition) is 2. The number of nitrogens with zero attached hydrogens (tertiary/aromatic N) is 2. The number of nitrogens with one attached hydrogen (secondary N) is 1. The highest BCUT2D eigenvalue weighted by Gasteiger charge is 2.23. The molecule has 0 radical (unpaired) electrons. The lowest BCUT2D eigenvalue weighted by molar-refractivity contribution is 0.0715. The maximum absolute atomic E-state index is 10.6. The molecule has 1 heterocycles. The molecule has 3 rings (SSSR count). The van der Waals surface area contributed by atoms with Gasteiger partial charge in [-0.3, -0.25) is 0 Å². The van der Waals surface area contributed by atoms with Crippen molar-refractivity contribution in [3.8, 4) is 11.4 Å². The van der Waals surface area contributed by atoms with E-state index in [4.69, 9.17) is 11.6 Å². The molecule has 0 amide bonds. The fourth-order valence-corrected chi connectivity index (χ4v) is 2.95. The fourth-order valence-electron chi connectivity index (χ4n) is 2.17. The Balaban J connectivity index is 1.70. The van der Waals surface area contributed by atoms with E-state index in [1.165, 1.54) is 11.5 Å². The van der Waals surface area contributed by atoms with Gasteiger partial charge >= 0.3 is 0 Å². The summed E-state index contributed by atoms with van der Waals surface area (Å²) in [7, 11) is 0. The largest absolute Gasteiger partial charge is 0.384 e. The molecule has 0 aliphatic carbocycles. The highest BCUT2D eigenvalue weighted by Crippen LogP contribution is 2.25. The Bertz CT molecular complexity index is 789. The number of aliphatic hydroxyl groups is 1. The van der Waals surface area contributed by atoms with E-state index >= 15 is 0 Å². The summed E-state index contributed by atoms with van der Waals surface area (Å²) < 4.78 is 4.34. The summed E-state index contributed by atoms with van der Waals surface area (Å²) in [6, 6.07) is 17.0. The van der Waals surface area contributed by atoms with Crippen molar-refractivity contribution < 1.29 is 5.11 Å². The molecule has 2 aromatic carbocycles. The number of anilines is 1. The minimum Gasteiger partial charge on any atom is -0.384 e. The second-order valence-electron chi connectivity index (χ2n) is 5.43. The summed E-state index contributed by atoms with van der Waals surface area (Å²) in [4.78, 5) is 4.45. The minimum absolute atomic E-state index is 0.316. The number of hydrogen-bond acceptors (Lipinski definition) is 5. The van der Waals surface area contributed by atoms with Crippen molar-refractivity contribution in [3.63, 3.8) is 0 Å². The predicted octanol–water partition coefficient (Wildman–Crippen LogP) is 4.18. The highest BCUT2D eigenvalue weighted by atomic mass is 35.5. The number of benzene rings is 2. The summed E-state index contributed by atoms with van der Waals surface area (Å²) in [6.45, 7) is 2.06. The normalized spacial score (nSPS) is 13.5. The van der Waals surface area contributed by atoms with Gasteiger partial charge in [0, 0.05) is 28.7 Å². The van der Waals surface area contributed by atoms with E-state index in [1.807, 2.05) is 42.5 Å². The van der Waals surface area contributed by atoms with Gasteiger partial charge < -0.3 is 10.4 Å². The molecule has 0 fully saturated rings. The molecule has 0 aliphatic heterocycles. The van der Waals surface area contributed by atoms with Crippen molar-refractivity contribution in [2.24, 2.45) is 0 Å². The molecule has 0 aliphatic rings. The van der Waals surface area contributed by atoms with Crippen LogP contribution >= 0.6 is 23.1 Å². The van der Waals surface area contributed by atoms with E-state index in [-0.39, 0.29) is 0 Å². The van der Waals surface area contributed by atoms with Gasteiger partial charge in [-0.1, -0.05) is 54.1 Å². The summed E-state index contributed by atoms with van der Waals surface area (Å²) in [5.41, 5.74) is 0.674. The number of rotatable bonds is 5. The Morgan fingerprint density at radius 1 is 1.17 bits per heavy atom. The second-order valence-corrected chi connectivity index (χ2v) is 6.62. The average molecular weight is 346 g/mol. The third-order valence-corrected chi connectivity index (χ3v) is 4.40. The molecule has 0 bridgehead atoms. The van der Waals surface area contributed by atoms with E-state index in [2.05, 4.69) is 14.7 Å². The SMILES string of the molecule is CC(O)(CNc1nc(-c2ccccc2)ns1)c1cccc(Cl)c1. The van der Waals surface area contributed by atoms with Crippen LogP contribution < -0.4 is 5.32 Å². The quantitative estimate of drug-likeness (QED) is 0.728. The molecule has 1 unspecified atom stereocenters. The smallest absolute Gasteiger partial charge is 0.203 e. The lowest BCUT2D eigenvalue weighted by Gasteiger charge is -2.24. The van der Waals surface area contributed by atoms with Crippen molar-refractivity contribution in [1.29, 1.82) is 0 Å². The fraction of sp³-hybridized carbons (Fsp3) is 0.176. The maximum Gasteiger partial charge on any atom is 0.203 e. The van der Waals surface area contributed by atoms with Crippen LogP contribution in [0.4, 0.5) is 5.13 Å². The first-order chi connectivity index (χ1) is 11.0. The summed E-state index contributed by atoms with van der Waals surface area (Å²) in [6.07, 6.45) is 0. The molecule has 0 saturated heterocycles. The maximum atomic E-state index is 10.6. The van der Waals surface area contributed by atoms with Crippen LogP contribution in [0.15, 0.2) is 54.6 Å². The molecule has 0 spiro atoms. The minimum atomic E-state index is -1.05. The van der Waals surface area contributed by atoms with Gasteiger partial charge in [-0.2, -0.15) is 9.36 Å². The predicted molar refractivity (Wildman–Crippen MR) is 94.9 cm³/mol. The van der Waals surface area contributed by atoms with Gasteiger partial charge in [-0.15, -0.1) is 0 Å². The average Bonchev–Trinajstić information content (AvgIpc) is 3.03. The Labute approximate surface area is 144 Å². The van der Waals surface area contributed by atoms with Crippen molar-refractivity contribution in [3.05, 3.63) is 65.2 Å². The molecular weight excluding hydrogens is 330 g/mol. The molecule has 3 aromatic rings. The van der Waals surface area contributed by atoms with E-state index in [0.29, 0.717) is 22.5 Å². The molecular formula is C17H16ClN3OS. The third-order valence-electron chi connectivity index (χ3n) is 3.49. The van der Waals surface area contributed by atoms with E-state index in [0.717, 1.165) is 11.1 Å². The number of halogens is 1. The van der Waals surface area contributed by atoms with Crippen molar-refractivity contribution in [1.82, 2.24) is 9.36 Å². The zero-order valence-corrected chi connectivity index (χ0v) is 14.1. The summed E-state index contributed by atoms with van der Waals surface area (Å²) in [5, 5.41) is 15.0. The van der Waals surface area contributed by atoms with Crippen molar-refractivity contribution in [2.45, 2.75) is 12.5 Å². The summed E-state index contributed by atoms with van der Waals surface area (Å²) in [5.74, 6) is 0.681. The molecule has 2 N–H and O–H groups in total. The van der Waals surface area contributed by atoms with Gasteiger partial charge in [-0.25, -0.2) is 0 Å². The molecule has 118 valence electrons. The second kappa shape index (κ2) is 6.66. The Kier molecular flexibility index (Phi) is 4.61. The van der Waals surface area contributed by atoms with E-state index in [1.54, 1.807) is 19.1 Å². The van der Waals surface area contributed by atoms with E-state index in [9.17, 15) is 5.11 Å². The van der Waals surface area contributed by atoms with Gasteiger partial charge in [0.1, 0.15) is 5.60 Å². The van der Waals surface area contributed by atoms with Gasteiger partial charge in [0.15, 0.2) is 5.82 Å². The lowest BCUT2D eigenvalue weighted by atomic mass is 9.96. The van der Waals surface area contributed by atoms with Crippen LogP contribution in [0.3, 0.4) is 0 Å². The van der Waals surface area contributed by atoms with Crippen molar-refractivity contribution >= 4 is 28.3 Å².